The van der Waals surface area contributed by atoms with Crippen molar-refractivity contribution in [2.75, 3.05) is 13.2 Å². The first-order valence-corrected chi connectivity index (χ1v) is 4.55. The second kappa shape index (κ2) is 3.42. The highest BCUT2D eigenvalue weighted by Gasteiger charge is 2.22. The second-order valence-electron chi connectivity index (χ2n) is 3.54. The molecule has 5 heteroatoms. The predicted octanol–water partition coefficient (Wildman–Crippen LogP) is -0.143. The molecule has 1 fully saturated rings. The first-order chi connectivity index (χ1) is 6.66. The molecule has 0 bridgehead atoms. The minimum absolute atomic E-state index is 0.114. The van der Waals surface area contributed by atoms with Gasteiger partial charge in [0.05, 0.1) is 19.3 Å². The van der Waals surface area contributed by atoms with Crippen LogP contribution in [0.5, 0.6) is 0 Å². The fourth-order valence-corrected chi connectivity index (χ4v) is 1.40. The number of aromatic nitrogens is 2. The third-order valence-corrected chi connectivity index (χ3v) is 2.20. The van der Waals surface area contributed by atoms with Gasteiger partial charge in [0, 0.05) is 18.8 Å². The summed E-state index contributed by atoms with van der Waals surface area (Å²) in [5.41, 5.74) is 1.39. The van der Waals surface area contributed by atoms with Crippen LogP contribution < -0.4 is 5.32 Å². The van der Waals surface area contributed by atoms with E-state index in [1.54, 1.807) is 11.7 Å². The monoisotopic (exact) mass is 195 g/mol. The van der Waals surface area contributed by atoms with Crippen molar-refractivity contribution in [1.29, 1.82) is 0 Å². The van der Waals surface area contributed by atoms with Crippen LogP contribution in [-0.2, 0) is 11.8 Å². The summed E-state index contributed by atoms with van der Waals surface area (Å²) in [5.74, 6) is -0.114. The Hall–Kier alpha value is -1.36. The molecule has 1 aromatic heterocycles. The Balaban J connectivity index is 2.06. The predicted molar refractivity (Wildman–Crippen MR) is 50.0 cm³/mol. The van der Waals surface area contributed by atoms with Crippen molar-refractivity contribution in [3.8, 4) is 0 Å². The topological polar surface area (TPSA) is 56.2 Å². The number of amides is 1. The standard InChI is InChI=1S/C9H13N3O2/c1-6-3-12(2)11-8(6)9(13)10-7-4-14-5-7/h3,7H,4-5H2,1-2H3,(H,10,13). The van der Waals surface area contributed by atoms with Crippen LogP contribution in [0.1, 0.15) is 16.1 Å². The summed E-state index contributed by atoms with van der Waals surface area (Å²) in [6, 6.07) is 0.156. The number of hydrogen-bond acceptors (Lipinski definition) is 3. The number of nitrogens with one attached hydrogen (secondary N) is 1. The summed E-state index contributed by atoms with van der Waals surface area (Å²) in [6.45, 7) is 3.09. The molecule has 1 aromatic rings. The Morgan fingerprint density at radius 2 is 2.43 bits per heavy atom. The molecule has 0 atom stereocenters. The van der Waals surface area contributed by atoms with E-state index in [1.807, 2.05) is 13.1 Å². The van der Waals surface area contributed by atoms with E-state index in [1.165, 1.54) is 0 Å². The third kappa shape index (κ3) is 1.63. The van der Waals surface area contributed by atoms with Crippen molar-refractivity contribution >= 4 is 5.91 Å². The van der Waals surface area contributed by atoms with Crippen LogP contribution in [-0.4, -0.2) is 34.9 Å². The summed E-state index contributed by atoms with van der Waals surface area (Å²) in [7, 11) is 1.80. The van der Waals surface area contributed by atoms with Crippen molar-refractivity contribution < 1.29 is 9.53 Å². The van der Waals surface area contributed by atoms with Gasteiger partial charge in [-0.1, -0.05) is 0 Å². The van der Waals surface area contributed by atoms with Gasteiger partial charge in [0.1, 0.15) is 0 Å². The van der Waals surface area contributed by atoms with Crippen LogP contribution in [0, 0.1) is 6.92 Å². The Labute approximate surface area is 82.0 Å². The van der Waals surface area contributed by atoms with Gasteiger partial charge in [0.2, 0.25) is 0 Å². The zero-order valence-electron chi connectivity index (χ0n) is 8.28. The largest absolute Gasteiger partial charge is 0.377 e. The molecule has 1 saturated heterocycles. The lowest BCUT2D eigenvalue weighted by Gasteiger charge is -2.26. The molecule has 14 heavy (non-hydrogen) atoms. The van der Waals surface area contributed by atoms with E-state index in [9.17, 15) is 4.79 Å². The molecule has 1 aliphatic heterocycles. The number of carbonyl (C=O) groups is 1. The molecule has 2 rings (SSSR count). The zero-order chi connectivity index (χ0) is 10.1. The molecule has 1 N–H and O–H groups in total. The van der Waals surface area contributed by atoms with Gasteiger partial charge >= 0.3 is 0 Å². The van der Waals surface area contributed by atoms with Gasteiger partial charge in [0.15, 0.2) is 5.69 Å². The highest BCUT2D eigenvalue weighted by molar-refractivity contribution is 5.93. The van der Waals surface area contributed by atoms with Gasteiger partial charge in [-0.2, -0.15) is 5.10 Å². The van der Waals surface area contributed by atoms with Gasteiger partial charge in [-0.3, -0.25) is 9.48 Å². The van der Waals surface area contributed by atoms with Crippen molar-refractivity contribution in [3.63, 3.8) is 0 Å². The summed E-state index contributed by atoms with van der Waals surface area (Å²) in [4.78, 5) is 11.6. The molecule has 5 nitrogen and oxygen atoms in total. The first-order valence-electron chi connectivity index (χ1n) is 4.55. The summed E-state index contributed by atoms with van der Waals surface area (Å²) >= 11 is 0. The normalized spacial score (nSPS) is 16.4. The first kappa shape index (κ1) is 9.21. The summed E-state index contributed by atoms with van der Waals surface area (Å²) in [5, 5.41) is 6.93. The fourth-order valence-electron chi connectivity index (χ4n) is 1.40. The van der Waals surface area contributed by atoms with Gasteiger partial charge < -0.3 is 10.1 Å². The van der Waals surface area contributed by atoms with Gasteiger partial charge in [-0.05, 0) is 6.92 Å². The quantitative estimate of drug-likeness (QED) is 0.714. The lowest BCUT2D eigenvalue weighted by molar-refractivity contribution is -0.00357. The highest BCUT2D eigenvalue weighted by Crippen LogP contribution is 2.06. The average Bonchev–Trinajstić information content (AvgIpc) is 2.37. The number of ether oxygens (including phenoxy) is 1. The molecule has 0 saturated carbocycles. The molecule has 2 heterocycles. The van der Waals surface area contributed by atoms with E-state index in [0.717, 1.165) is 5.56 Å². The zero-order valence-corrected chi connectivity index (χ0v) is 8.28. The van der Waals surface area contributed by atoms with Crippen LogP contribution >= 0.6 is 0 Å². The maximum absolute atomic E-state index is 11.6. The van der Waals surface area contributed by atoms with Crippen molar-refractivity contribution in [3.05, 3.63) is 17.5 Å². The molecule has 0 aliphatic carbocycles. The smallest absolute Gasteiger partial charge is 0.272 e. The minimum atomic E-state index is -0.114. The van der Waals surface area contributed by atoms with E-state index in [2.05, 4.69) is 10.4 Å². The van der Waals surface area contributed by atoms with Gasteiger partial charge in [0.25, 0.3) is 5.91 Å². The van der Waals surface area contributed by atoms with Gasteiger partial charge in [-0.25, -0.2) is 0 Å². The molecule has 0 spiro atoms. The van der Waals surface area contributed by atoms with Crippen LogP contribution in [0.2, 0.25) is 0 Å². The number of aryl methyl sites for hydroxylation is 2. The Kier molecular flexibility index (Phi) is 2.25. The minimum Gasteiger partial charge on any atom is -0.377 e. The Morgan fingerprint density at radius 1 is 1.71 bits per heavy atom. The lowest BCUT2D eigenvalue weighted by atomic mass is 10.2. The number of carbonyl (C=O) groups excluding carboxylic acids is 1. The molecular weight excluding hydrogens is 182 g/mol. The lowest BCUT2D eigenvalue weighted by Crippen LogP contribution is -2.48. The molecule has 0 radical (unpaired) electrons. The number of hydrogen-bond donors (Lipinski definition) is 1. The van der Waals surface area contributed by atoms with Crippen LogP contribution in [0.3, 0.4) is 0 Å². The maximum Gasteiger partial charge on any atom is 0.272 e. The molecule has 0 unspecified atom stereocenters. The molecule has 76 valence electrons. The van der Waals surface area contributed by atoms with E-state index in [-0.39, 0.29) is 11.9 Å². The summed E-state index contributed by atoms with van der Waals surface area (Å²) < 4.78 is 6.61. The SMILES string of the molecule is Cc1cn(C)nc1C(=O)NC1COC1. The van der Waals surface area contributed by atoms with Crippen molar-refractivity contribution in [2.45, 2.75) is 13.0 Å². The Bertz CT molecular complexity index is 355. The average molecular weight is 195 g/mol. The number of rotatable bonds is 2. The van der Waals surface area contributed by atoms with Crippen molar-refractivity contribution in [2.24, 2.45) is 7.05 Å². The third-order valence-electron chi connectivity index (χ3n) is 2.20. The molecule has 0 aromatic carbocycles. The van der Waals surface area contributed by atoms with E-state index < -0.39 is 0 Å². The highest BCUT2D eigenvalue weighted by atomic mass is 16.5. The molecule has 1 aliphatic rings. The van der Waals surface area contributed by atoms with Crippen LogP contribution in [0.15, 0.2) is 6.20 Å². The fraction of sp³-hybridized carbons (Fsp3) is 0.556. The number of nitrogens with zero attached hydrogens (tertiary/aromatic N) is 2. The van der Waals surface area contributed by atoms with E-state index in [0.29, 0.717) is 18.9 Å². The maximum atomic E-state index is 11.6. The van der Waals surface area contributed by atoms with Gasteiger partial charge in [-0.15, -0.1) is 0 Å². The van der Waals surface area contributed by atoms with Crippen LogP contribution in [0.25, 0.3) is 0 Å². The van der Waals surface area contributed by atoms with E-state index >= 15 is 0 Å². The van der Waals surface area contributed by atoms with Crippen molar-refractivity contribution in [1.82, 2.24) is 15.1 Å². The second-order valence-corrected chi connectivity index (χ2v) is 3.54. The summed E-state index contributed by atoms with van der Waals surface area (Å²) in [6.07, 6.45) is 1.83. The van der Waals surface area contributed by atoms with Crippen LogP contribution in [0.4, 0.5) is 0 Å². The molecule has 1 amide bonds. The van der Waals surface area contributed by atoms with E-state index in [4.69, 9.17) is 4.74 Å². The Morgan fingerprint density at radius 3 is 2.86 bits per heavy atom. The molecular formula is C9H13N3O2.